The normalized spacial score (nSPS) is 15.7. The van der Waals surface area contributed by atoms with Gasteiger partial charge in [-0.2, -0.15) is 5.10 Å². The summed E-state index contributed by atoms with van der Waals surface area (Å²) < 4.78 is 2.37. The molecular weight excluding hydrogens is 406 g/mol. The number of hydrazone groups is 1. The van der Waals surface area contributed by atoms with Crippen LogP contribution < -0.4 is 16.5 Å². The average Bonchev–Trinajstić information content (AvgIpc) is 3.49. The van der Waals surface area contributed by atoms with Gasteiger partial charge in [-0.05, 0) is 42.0 Å². The maximum atomic E-state index is 6.35. The molecule has 1 fully saturated rings. The Hall–Kier alpha value is -3.73. The van der Waals surface area contributed by atoms with Gasteiger partial charge in [0, 0.05) is 30.0 Å². The lowest BCUT2D eigenvalue weighted by atomic mass is 9.99. The summed E-state index contributed by atoms with van der Waals surface area (Å²) in [5.74, 6) is 0.518. The van der Waals surface area contributed by atoms with Crippen LogP contribution in [0.15, 0.2) is 73.0 Å². The molecule has 0 saturated heterocycles. The molecule has 4 N–H and O–H groups in total. The van der Waals surface area contributed by atoms with Gasteiger partial charge in [-0.15, -0.1) is 0 Å². The Kier molecular flexibility index (Phi) is 5.55. The Balaban J connectivity index is 1.40. The van der Waals surface area contributed by atoms with Crippen LogP contribution in [0.5, 0.6) is 0 Å². The molecular formula is C28H31N5. The highest BCUT2D eigenvalue weighted by atomic mass is 15.3. The van der Waals surface area contributed by atoms with Gasteiger partial charge in [-0.25, -0.2) is 0 Å². The first-order chi connectivity index (χ1) is 16.0. The first-order valence-electron chi connectivity index (χ1n) is 11.6. The van der Waals surface area contributed by atoms with E-state index in [1.165, 1.54) is 36.8 Å². The maximum absolute atomic E-state index is 6.35. The number of fused-ring (bicyclic) bond motifs is 1. The highest BCUT2D eigenvalue weighted by Crippen LogP contribution is 2.39. The van der Waals surface area contributed by atoms with Crippen LogP contribution in [0, 0.1) is 6.92 Å². The smallest absolute Gasteiger partial charge is 0.153 e. The molecule has 0 bridgehead atoms. The van der Waals surface area contributed by atoms with Gasteiger partial charge in [0.05, 0.1) is 17.0 Å². The van der Waals surface area contributed by atoms with E-state index in [9.17, 15) is 0 Å². The zero-order valence-electron chi connectivity index (χ0n) is 19.2. The Morgan fingerprint density at radius 2 is 1.88 bits per heavy atom. The van der Waals surface area contributed by atoms with Gasteiger partial charge in [0.2, 0.25) is 0 Å². The van der Waals surface area contributed by atoms with Crippen LogP contribution in [0.3, 0.4) is 0 Å². The minimum Gasteiger partial charge on any atom is -0.382 e. The van der Waals surface area contributed by atoms with E-state index < -0.39 is 0 Å². The molecule has 0 amide bonds. The second-order valence-corrected chi connectivity index (χ2v) is 9.04. The Bertz CT molecular complexity index is 1240. The molecule has 5 heteroatoms. The van der Waals surface area contributed by atoms with Crippen molar-refractivity contribution < 1.29 is 0 Å². The predicted molar refractivity (Wildman–Crippen MR) is 137 cm³/mol. The van der Waals surface area contributed by atoms with Crippen molar-refractivity contribution in [2.24, 2.45) is 10.8 Å². The zero-order chi connectivity index (χ0) is 22.9. The molecule has 0 radical (unpaired) electrons. The molecule has 2 aromatic carbocycles. The molecule has 0 atom stereocenters. The van der Waals surface area contributed by atoms with Crippen molar-refractivity contribution in [3.63, 3.8) is 0 Å². The van der Waals surface area contributed by atoms with Gasteiger partial charge in [-0.3, -0.25) is 5.43 Å². The van der Waals surface area contributed by atoms with E-state index in [0.717, 1.165) is 45.9 Å². The lowest BCUT2D eigenvalue weighted by Crippen LogP contribution is -2.27. The number of nitrogens with two attached hydrogens (primary N) is 1. The highest BCUT2D eigenvalue weighted by Gasteiger charge is 2.29. The first-order valence-corrected chi connectivity index (χ1v) is 11.6. The molecule has 2 heterocycles. The highest BCUT2D eigenvalue weighted by molar-refractivity contribution is 6.08. The summed E-state index contributed by atoms with van der Waals surface area (Å²) in [5.41, 5.74) is 19.0. The van der Waals surface area contributed by atoms with Gasteiger partial charge >= 0.3 is 0 Å². The van der Waals surface area contributed by atoms with Gasteiger partial charge in [0.15, 0.2) is 5.84 Å². The van der Waals surface area contributed by atoms with E-state index in [-0.39, 0.29) is 0 Å². The monoisotopic (exact) mass is 437 g/mol. The van der Waals surface area contributed by atoms with Crippen LogP contribution in [0.1, 0.15) is 59.7 Å². The molecule has 1 aromatic heterocycles. The molecule has 1 aliphatic carbocycles. The molecule has 3 aromatic rings. The Morgan fingerprint density at radius 3 is 2.61 bits per heavy atom. The fourth-order valence-corrected chi connectivity index (χ4v) is 5.03. The standard InChI is InChI=1S/C28H31N5/c1-18-8-4-7-11-24(18)19(2)30-16-21-12-14-22(15-13-21)25-17-33(23-9-5-6-10-23)27-20(3)31-32-28(29)26(25)27/h4,7-8,11-15,17,23,30-31H,2-3,5-6,9-10,16H2,1H3,(H2,29,32). The van der Waals surface area contributed by atoms with Crippen molar-refractivity contribution in [3.8, 4) is 11.1 Å². The maximum Gasteiger partial charge on any atom is 0.153 e. The van der Waals surface area contributed by atoms with Crippen molar-refractivity contribution in [2.45, 2.75) is 45.2 Å². The van der Waals surface area contributed by atoms with Crippen molar-refractivity contribution in [1.82, 2.24) is 15.3 Å². The topological polar surface area (TPSA) is 67.4 Å². The fourth-order valence-electron chi connectivity index (χ4n) is 5.03. The number of hydrogen-bond acceptors (Lipinski definition) is 4. The largest absolute Gasteiger partial charge is 0.382 e. The summed E-state index contributed by atoms with van der Waals surface area (Å²) in [6.07, 6.45) is 7.17. The SMILES string of the molecule is C=C(NCc1ccc(-c2cn(C3CCCC3)c3c2C(N)=NNC3=C)cc1)c1ccccc1C. The summed E-state index contributed by atoms with van der Waals surface area (Å²) in [5, 5.41) is 7.75. The minimum absolute atomic E-state index is 0.493. The molecule has 5 rings (SSSR count). The van der Waals surface area contributed by atoms with Crippen LogP contribution in [-0.2, 0) is 6.54 Å². The number of benzene rings is 2. The van der Waals surface area contributed by atoms with Gasteiger partial charge in [0.1, 0.15) is 0 Å². The number of aromatic nitrogens is 1. The third-order valence-electron chi connectivity index (χ3n) is 6.84. The summed E-state index contributed by atoms with van der Waals surface area (Å²) >= 11 is 0. The number of hydrogen-bond donors (Lipinski definition) is 3. The van der Waals surface area contributed by atoms with E-state index in [1.54, 1.807) is 0 Å². The van der Waals surface area contributed by atoms with Crippen molar-refractivity contribution >= 4 is 17.2 Å². The quantitative estimate of drug-likeness (QED) is 0.475. The predicted octanol–water partition coefficient (Wildman–Crippen LogP) is 5.53. The summed E-state index contributed by atoms with van der Waals surface area (Å²) in [4.78, 5) is 0. The molecule has 5 nitrogen and oxygen atoms in total. The van der Waals surface area contributed by atoms with Crippen LogP contribution >= 0.6 is 0 Å². The van der Waals surface area contributed by atoms with Crippen molar-refractivity contribution in [2.75, 3.05) is 0 Å². The van der Waals surface area contributed by atoms with Crippen LogP contribution in [0.4, 0.5) is 0 Å². The van der Waals surface area contributed by atoms with Crippen LogP contribution in [0.25, 0.3) is 22.5 Å². The molecule has 33 heavy (non-hydrogen) atoms. The first kappa shape index (κ1) is 21.1. The minimum atomic E-state index is 0.493. The second-order valence-electron chi connectivity index (χ2n) is 9.04. The summed E-state index contributed by atoms with van der Waals surface area (Å²) in [6.45, 7) is 11.2. The van der Waals surface area contributed by atoms with E-state index in [0.29, 0.717) is 11.9 Å². The van der Waals surface area contributed by atoms with Crippen molar-refractivity contribution in [3.05, 3.63) is 95.8 Å². The van der Waals surface area contributed by atoms with Gasteiger partial charge in [0.25, 0.3) is 0 Å². The van der Waals surface area contributed by atoms with Gasteiger partial charge < -0.3 is 15.6 Å². The molecule has 1 saturated carbocycles. The number of amidine groups is 1. The van der Waals surface area contributed by atoms with E-state index in [2.05, 4.69) is 83.1 Å². The van der Waals surface area contributed by atoms with E-state index in [4.69, 9.17) is 5.73 Å². The van der Waals surface area contributed by atoms with Crippen LogP contribution in [-0.4, -0.2) is 10.4 Å². The Morgan fingerprint density at radius 1 is 1.15 bits per heavy atom. The molecule has 2 aliphatic rings. The number of nitrogens with one attached hydrogen (secondary N) is 2. The van der Waals surface area contributed by atoms with Gasteiger partial charge in [-0.1, -0.05) is 74.5 Å². The summed E-state index contributed by atoms with van der Waals surface area (Å²) in [7, 11) is 0. The molecule has 168 valence electrons. The van der Waals surface area contributed by atoms with Crippen LogP contribution in [0.2, 0.25) is 0 Å². The third kappa shape index (κ3) is 3.95. The number of nitrogens with zero attached hydrogens (tertiary/aromatic N) is 2. The average molecular weight is 438 g/mol. The molecule has 0 unspecified atom stereocenters. The molecule has 1 aliphatic heterocycles. The fraction of sp³-hybridized carbons (Fsp3) is 0.250. The zero-order valence-corrected chi connectivity index (χ0v) is 19.2. The van der Waals surface area contributed by atoms with E-state index in [1.807, 2.05) is 12.1 Å². The Labute approximate surface area is 195 Å². The summed E-state index contributed by atoms with van der Waals surface area (Å²) in [6, 6.07) is 17.4. The number of rotatable bonds is 6. The third-order valence-corrected chi connectivity index (χ3v) is 6.84. The second kappa shape index (κ2) is 8.66. The van der Waals surface area contributed by atoms with Crippen molar-refractivity contribution in [1.29, 1.82) is 0 Å². The number of aryl methyl sites for hydroxylation is 1. The lowest BCUT2D eigenvalue weighted by molar-refractivity contribution is 0.515. The lowest BCUT2D eigenvalue weighted by Gasteiger charge is -2.21. The molecule has 0 spiro atoms. The van der Waals surface area contributed by atoms with E-state index >= 15 is 0 Å².